The number of benzene rings is 1. The first-order chi connectivity index (χ1) is 11.8. The molecule has 0 radical (unpaired) electrons. The fraction of sp³-hybridized carbons (Fsp3) is 0.611. The number of piperidine rings is 1. The monoisotopic (exact) mass is 366 g/mol. The van der Waals surface area contributed by atoms with Gasteiger partial charge in [0, 0.05) is 19.5 Å². The molecule has 2 fully saturated rings. The van der Waals surface area contributed by atoms with Crippen LogP contribution in [0.15, 0.2) is 29.2 Å². The number of ether oxygens (including phenoxy) is 1. The fourth-order valence-corrected chi connectivity index (χ4v) is 4.73. The maximum atomic E-state index is 12.4. The van der Waals surface area contributed by atoms with Gasteiger partial charge in [0.2, 0.25) is 10.0 Å². The highest BCUT2D eigenvalue weighted by Crippen LogP contribution is 2.25. The SMILES string of the molecule is Cc1ccc(S(=O)(=O)NCC2CCCN(C3CC(C)OC3=O)C2)cc1. The molecule has 0 bridgehead atoms. The molecule has 0 aliphatic carbocycles. The Kier molecular flexibility index (Phi) is 5.46. The van der Waals surface area contributed by atoms with Crippen molar-refractivity contribution in [2.24, 2.45) is 5.92 Å². The van der Waals surface area contributed by atoms with Crippen molar-refractivity contribution in [3.05, 3.63) is 29.8 Å². The summed E-state index contributed by atoms with van der Waals surface area (Å²) in [7, 11) is -3.49. The van der Waals surface area contributed by atoms with E-state index in [0.717, 1.165) is 37.9 Å². The Balaban J connectivity index is 1.57. The lowest BCUT2D eigenvalue weighted by atomic mass is 9.96. The van der Waals surface area contributed by atoms with E-state index in [1.807, 2.05) is 13.8 Å². The second-order valence-corrected chi connectivity index (χ2v) is 8.93. The summed E-state index contributed by atoms with van der Waals surface area (Å²) >= 11 is 0. The van der Waals surface area contributed by atoms with Crippen LogP contribution >= 0.6 is 0 Å². The molecule has 3 rings (SSSR count). The number of rotatable bonds is 5. The normalized spacial score (nSPS) is 28.1. The number of likely N-dealkylation sites (tertiary alicyclic amines) is 1. The number of nitrogens with one attached hydrogen (secondary N) is 1. The van der Waals surface area contributed by atoms with Crippen LogP contribution in [-0.4, -0.2) is 51.1 Å². The van der Waals surface area contributed by atoms with Crippen LogP contribution in [0.3, 0.4) is 0 Å². The number of nitrogens with zero attached hydrogens (tertiary/aromatic N) is 1. The van der Waals surface area contributed by atoms with Crippen LogP contribution in [0.5, 0.6) is 0 Å². The van der Waals surface area contributed by atoms with Crippen molar-refractivity contribution in [1.29, 1.82) is 0 Å². The van der Waals surface area contributed by atoms with Crippen LogP contribution in [0.2, 0.25) is 0 Å². The molecule has 1 N–H and O–H groups in total. The zero-order valence-electron chi connectivity index (χ0n) is 14.8. The molecule has 0 saturated carbocycles. The highest BCUT2D eigenvalue weighted by Gasteiger charge is 2.38. The Morgan fingerprint density at radius 3 is 2.64 bits per heavy atom. The van der Waals surface area contributed by atoms with Crippen molar-refractivity contribution >= 4 is 16.0 Å². The Labute approximate surface area is 149 Å². The summed E-state index contributed by atoms with van der Waals surface area (Å²) in [6.07, 6.45) is 2.62. The number of hydrogen-bond donors (Lipinski definition) is 1. The predicted octanol–water partition coefficient (Wildman–Crippen LogP) is 1.69. The molecule has 25 heavy (non-hydrogen) atoms. The molecule has 7 heteroatoms. The number of cyclic esters (lactones) is 1. The Morgan fingerprint density at radius 1 is 1.28 bits per heavy atom. The maximum Gasteiger partial charge on any atom is 0.323 e. The number of hydrogen-bond acceptors (Lipinski definition) is 5. The summed E-state index contributed by atoms with van der Waals surface area (Å²) in [5.74, 6) is 0.0612. The van der Waals surface area contributed by atoms with Gasteiger partial charge in [-0.15, -0.1) is 0 Å². The molecule has 2 saturated heterocycles. The molecular weight excluding hydrogens is 340 g/mol. The van der Waals surface area contributed by atoms with Gasteiger partial charge in [0.15, 0.2) is 0 Å². The summed E-state index contributed by atoms with van der Waals surface area (Å²) < 4.78 is 32.8. The summed E-state index contributed by atoms with van der Waals surface area (Å²) in [5, 5.41) is 0. The smallest absolute Gasteiger partial charge is 0.323 e. The van der Waals surface area contributed by atoms with E-state index in [1.165, 1.54) is 0 Å². The largest absolute Gasteiger partial charge is 0.461 e. The Bertz CT molecular complexity index is 717. The van der Waals surface area contributed by atoms with Gasteiger partial charge in [0.05, 0.1) is 4.90 Å². The van der Waals surface area contributed by atoms with Gasteiger partial charge >= 0.3 is 5.97 Å². The topological polar surface area (TPSA) is 75.7 Å². The van der Waals surface area contributed by atoms with E-state index in [-0.39, 0.29) is 24.0 Å². The van der Waals surface area contributed by atoms with Gasteiger partial charge in [-0.3, -0.25) is 9.69 Å². The summed E-state index contributed by atoms with van der Waals surface area (Å²) in [4.78, 5) is 14.4. The van der Waals surface area contributed by atoms with Crippen LogP contribution in [-0.2, 0) is 19.6 Å². The quantitative estimate of drug-likeness (QED) is 0.803. The summed E-state index contributed by atoms with van der Waals surface area (Å²) in [6, 6.07) is 6.67. The van der Waals surface area contributed by atoms with Gasteiger partial charge in [0.1, 0.15) is 12.1 Å². The molecule has 0 aromatic heterocycles. The van der Waals surface area contributed by atoms with Crippen LogP contribution in [0.4, 0.5) is 0 Å². The first-order valence-electron chi connectivity index (χ1n) is 8.86. The average Bonchev–Trinajstić information content (AvgIpc) is 2.92. The lowest BCUT2D eigenvalue weighted by Crippen LogP contribution is -2.47. The average molecular weight is 366 g/mol. The van der Waals surface area contributed by atoms with E-state index in [9.17, 15) is 13.2 Å². The van der Waals surface area contributed by atoms with Gasteiger partial charge in [-0.2, -0.15) is 0 Å². The van der Waals surface area contributed by atoms with E-state index < -0.39 is 10.0 Å². The van der Waals surface area contributed by atoms with Crippen LogP contribution in [0.25, 0.3) is 0 Å². The van der Waals surface area contributed by atoms with E-state index >= 15 is 0 Å². The van der Waals surface area contributed by atoms with E-state index in [0.29, 0.717) is 11.4 Å². The number of sulfonamides is 1. The standard InChI is InChI=1S/C18H26N2O4S/c1-13-5-7-16(8-6-13)25(22,23)19-11-15-4-3-9-20(12-15)17-10-14(2)24-18(17)21/h5-8,14-15,17,19H,3-4,9-12H2,1-2H3. The molecule has 0 amide bonds. The van der Waals surface area contributed by atoms with Gasteiger partial charge in [0.25, 0.3) is 0 Å². The van der Waals surface area contributed by atoms with Crippen molar-refractivity contribution in [1.82, 2.24) is 9.62 Å². The third-order valence-corrected chi connectivity index (χ3v) is 6.47. The molecule has 2 heterocycles. The minimum atomic E-state index is -3.49. The third-order valence-electron chi connectivity index (χ3n) is 5.03. The van der Waals surface area contributed by atoms with Gasteiger partial charge in [-0.05, 0) is 51.3 Å². The molecule has 3 unspecified atom stereocenters. The van der Waals surface area contributed by atoms with Crippen LogP contribution in [0.1, 0.15) is 31.7 Å². The second-order valence-electron chi connectivity index (χ2n) is 7.17. The molecule has 0 spiro atoms. The van der Waals surface area contributed by atoms with E-state index in [2.05, 4.69) is 9.62 Å². The Morgan fingerprint density at radius 2 is 2.00 bits per heavy atom. The molecular formula is C18H26N2O4S. The number of esters is 1. The molecule has 6 nitrogen and oxygen atoms in total. The second kappa shape index (κ2) is 7.43. The first-order valence-corrected chi connectivity index (χ1v) is 10.3. The lowest BCUT2D eigenvalue weighted by Gasteiger charge is -2.35. The van der Waals surface area contributed by atoms with Gasteiger partial charge < -0.3 is 4.74 Å². The number of carbonyl (C=O) groups excluding carboxylic acids is 1. The molecule has 3 atom stereocenters. The molecule has 1 aromatic rings. The minimum absolute atomic E-state index is 0.0297. The van der Waals surface area contributed by atoms with Crippen LogP contribution in [0, 0.1) is 12.8 Å². The fourth-order valence-electron chi connectivity index (χ4n) is 3.61. The van der Waals surface area contributed by atoms with Gasteiger partial charge in [-0.25, -0.2) is 13.1 Å². The molecule has 138 valence electrons. The van der Waals surface area contributed by atoms with Crippen molar-refractivity contribution in [3.8, 4) is 0 Å². The number of aryl methyl sites for hydroxylation is 1. The molecule has 1 aromatic carbocycles. The first kappa shape index (κ1) is 18.4. The zero-order chi connectivity index (χ0) is 18.0. The van der Waals surface area contributed by atoms with E-state index in [4.69, 9.17) is 4.74 Å². The van der Waals surface area contributed by atoms with Gasteiger partial charge in [-0.1, -0.05) is 17.7 Å². The minimum Gasteiger partial charge on any atom is -0.461 e. The summed E-state index contributed by atoms with van der Waals surface area (Å²) in [5.41, 5.74) is 1.03. The highest BCUT2D eigenvalue weighted by atomic mass is 32.2. The number of carbonyl (C=O) groups is 1. The van der Waals surface area contributed by atoms with Crippen molar-refractivity contribution in [3.63, 3.8) is 0 Å². The Hall–Kier alpha value is -1.44. The zero-order valence-corrected chi connectivity index (χ0v) is 15.6. The predicted molar refractivity (Wildman–Crippen MR) is 94.6 cm³/mol. The van der Waals surface area contributed by atoms with E-state index in [1.54, 1.807) is 24.3 Å². The molecule has 2 aliphatic rings. The van der Waals surface area contributed by atoms with Crippen molar-refractivity contribution < 1.29 is 17.9 Å². The van der Waals surface area contributed by atoms with Crippen molar-refractivity contribution in [2.75, 3.05) is 19.6 Å². The maximum absolute atomic E-state index is 12.4. The van der Waals surface area contributed by atoms with Crippen molar-refractivity contribution in [2.45, 2.75) is 50.2 Å². The molecule has 2 aliphatic heterocycles. The van der Waals surface area contributed by atoms with Crippen LogP contribution < -0.4 is 4.72 Å². The summed E-state index contributed by atoms with van der Waals surface area (Å²) in [6.45, 7) is 5.82. The highest BCUT2D eigenvalue weighted by molar-refractivity contribution is 7.89. The lowest BCUT2D eigenvalue weighted by molar-refractivity contribution is -0.145. The third kappa shape index (κ3) is 4.40.